The van der Waals surface area contributed by atoms with Crippen molar-refractivity contribution in [2.75, 3.05) is 13.1 Å². The molecule has 0 aliphatic carbocycles. The van der Waals surface area contributed by atoms with Crippen molar-refractivity contribution in [2.24, 2.45) is 11.8 Å². The first kappa shape index (κ1) is 19.2. The van der Waals surface area contributed by atoms with Crippen molar-refractivity contribution in [1.82, 2.24) is 10.2 Å². The number of benzene rings is 1. The Bertz CT molecular complexity index is 645. The number of aliphatic carboxylic acids is 1. The molecule has 1 aliphatic rings. The Balaban J connectivity index is 2.07. The Morgan fingerprint density at radius 3 is 2.44 bits per heavy atom. The number of rotatable bonds is 6. The SMILES string of the molecule is CC(C)CC(NC(=O)c1ccc(Cl)cc1)C(=O)N1CCC(C(=O)O)C1. The summed E-state index contributed by atoms with van der Waals surface area (Å²) < 4.78 is 0. The molecule has 2 N–H and O–H groups in total. The summed E-state index contributed by atoms with van der Waals surface area (Å²) in [5.74, 6) is -1.78. The lowest BCUT2D eigenvalue weighted by atomic mass is 10.0. The van der Waals surface area contributed by atoms with E-state index in [9.17, 15) is 14.4 Å². The van der Waals surface area contributed by atoms with E-state index in [-0.39, 0.29) is 24.3 Å². The van der Waals surface area contributed by atoms with Crippen LogP contribution in [0.15, 0.2) is 24.3 Å². The number of halogens is 1. The van der Waals surface area contributed by atoms with Crippen LogP contribution in [0.2, 0.25) is 5.02 Å². The Morgan fingerprint density at radius 2 is 1.92 bits per heavy atom. The van der Waals surface area contributed by atoms with E-state index in [1.54, 1.807) is 24.3 Å². The Kier molecular flexibility index (Phi) is 6.42. The van der Waals surface area contributed by atoms with Gasteiger partial charge in [0.2, 0.25) is 5.91 Å². The third-order valence-electron chi connectivity index (χ3n) is 4.27. The fourth-order valence-electron chi connectivity index (χ4n) is 2.92. The molecule has 1 heterocycles. The summed E-state index contributed by atoms with van der Waals surface area (Å²) in [6.45, 7) is 4.54. The normalized spacial score (nSPS) is 18.2. The van der Waals surface area contributed by atoms with E-state index >= 15 is 0 Å². The zero-order chi connectivity index (χ0) is 18.6. The second-order valence-corrected chi connectivity index (χ2v) is 7.21. The minimum Gasteiger partial charge on any atom is -0.481 e. The predicted octanol–water partition coefficient (Wildman–Crippen LogP) is 2.42. The van der Waals surface area contributed by atoms with Crippen molar-refractivity contribution in [3.05, 3.63) is 34.9 Å². The Labute approximate surface area is 152 Å². The quantitative estimate of drug-likeness (QED) is 0.809. The molecule has 1 fully saturated rings. The number of nitrogens with zero attached hydrogens (tertiary/aromatic N) is 1. The molecule has 0 aromatic heterocycles. The molecule has 2 amide bonds. The highest BCUT2D eigenvalue weighted by Crippen LogP contribution is 2.19. The highest BCUT2D eigenvalue weighted by atomic mass is 35.5. The number of nitrogens with one attached hydrogen (secondary N) is 1. The van der Waals surface area contributed by atoms with Crippen LogP contribution in [-0.2, 0) is 9.59 Å². The molecule has 2 atom stereocenters. The van der Waals surface area contributed by atoms with Gasteiger partial charge in [-0.15, -0.1) is 0 Å². The van der Waals surface area contributed by atoms with Gasteiger partial charge in [0.15, 0.2) is 0 Å². The lowest BCUT2D eigenvalue weighted by molar-refractivity contribution is -0.141. The van der Waals surface area contributed by atoms with Crippen LogP contribution >= 0.6 is 11.6 Å². The fraction of sp³-hybridized carbons (Fsp3) is 0.500. The van der Waals surface area contributed by atoms with E-state index in [1.165, 1.54) is 4.90 Å². The average Bonchev–Trinajstić information content (AvgIpc) is 3.04. The number of amides is 2. The molecule has 2 rings (SSSR count). The monoisotopic (exact) mass is 366 g/mol. The Hall–Kier alpha value is -2.08. The highest BCUT2D eigenvalue weighted by molar-refractivity contribution is 6.30. The van der Waals surface area contributed by atoms with Gasteiger partial charge in [0.1, 0.15) is 6.04 Å². The van der Waals surface area contributed by atoms with Gasteiger partial charge < -0.3 is 15.3 Å². The van der Waals surface area contributed by atoms with Crippen molar-refractivity contribution < 1.29 is 19.5 Å². The molecule has 136 valence electrons. The second kappa shape index (κ2) is 8.34. The van der Waals surface area contributed by atoms with Crippen molar-refractivity contribution in [1.29, 1.82) is 0 Å². The van der Waals surface area contributed by atoms with Crippen LogP contribution in [0.4, 0.5) is 0 Å². The first-order valence-corrected chi connectivity index (χ1v) is 8.73. The van der Waals surface area contributed by atoms with Crippen LogP contribution in [0, 0.1) is 11.8 Å². The number of carboxylic acid groups (broad SMARTS) is 1. The molecule has 1 aromatic rings. The smallest absolute Gasteiger partial charge is 0.308 e. The summed E-state index contributed by atoms with van der Waals surface area (Å²) in [6.07, 6.45) is 0.938. The molecule has 0 spiro atoms. The number of carboxylic acids is 1. The van der Waals surface area contributed by atoms with Gasteiger partial charge in [-0.05, 0) is 43.0 Å². The zero-order valence-corrected chi connectivity index (χ0v) is 15.1. The third kappa shape index (κ3) is 5.19. The van der Waals surface area contributed by atoms with E-state index in [1.807, 2.05) is 13.8 Å². The van der Waals surface area contributed by atoms with Gasteiger partial charge in [0.05, 0.1) is 5.92 Å². The number of carbonyl (C=O) groups excluding carboxylic acids is 2. The molecule has 6 nitrogen and oxygen atoms in total. The minimum absolute atomic E-state index is 0.194. The molecule has 1 saturated heterocycles. The molecular formula is C18H23ClN2O4. The number of hydrogen-bond donors (Lipinski definition) is 2. The highest BCUT2D eigenvalue weighted by Gasteiger charge is 2.34. The molecular weight excluding hydrogens is 344 g/mol. The Morgan fingerprint density at radius 1 is 1.28 bits per heavy atom. The van der Waals surface area contributed by atoms with Gasteiger partial charge in [0.25, 0.3) is 5.91 Å². The van der Waals surface area contributed by atoms with Gasteiger partial charge >= 0.3 is 5.97 Å². The van der Waals surface area contributed by atoms with E-state index in [0.29, 0.717) is 30.0 Å². The van der Waals surface area contributed by atoms with Crippen LogP contribution in [0.1, 0.15) is 37.0 Å². The molecule has 0 bridgehead atoms. The van der Waals surface area contributed by atoms with E-state index < -0.39 is 17.9 Å². The number of likely N-dealkylation sites (tertiary alicyclic amines) is 1. The van der Waals surface area contributed by atoms with Gasteiger partial charge in [-0.3, -0.25) is 14.4 Å². The lowest BCUT2D eigenvalue weighted by Crippen LogP contribution is -2.48. The molecule has 7 heteroatoms. The molecule has 1 aliphatic heterocycles. The molecule has 1 aromatic carbocycles. The summed E-state index contributed by atoms with van der Waals surface area (Å²) in [4.78, 5) is 37.8. The maximum absolute atomic E-state index is 12.8. The molecule has 0 radical (unpaired) electrons. The maximum Gasteiger partial charge on any atom is 0.308 e. The van der Waals surface area contributed by atoms with E-state index in [0.717, 1.165) is 0 Å². The van der Waals surface area contributed by atoms with E-state index in [4.69, 9.17) is 16.7 Å². The third-order valence-corrected chi connectivity index (χ3v) is 4.52. The summed E-state index contributed by atoms with van der Waals surface area (Å²) in [6, 6.07) is 5.77. The van der Waals surface area contributed by atoms with E-state index in [2.05, 4.69) is 5.32 Å². The van der Waals surface area contributed by atoms with Crippen LogP contribution in [-0.4, -0.2) is 46.9 Å². The number of hydrogen-bond acceptors (Lipinski definition) is 3. The fourth-order valence-corrected chi connectivity index (χ4v) is 3.04. The van der Waals surface area contributed by atoms with Gasteiger partial charge in [-0.2, -0.15) is 0 Å². The predicted molar refractivity (Wildman–Crippen MR) is 94.5 cm³/mol. The van der Waals surface area contributed by atoms with Crippen LogP contribution in [0.5, 0.6) is 0 Å². The van der Waals surface area contributed by atoms with Gasteiger partial charge in [0, 0.05) is 23.7 Å². The van der Waals surface area contributed by atoms with Crippen molar-refractivity contribution in [3.63, 3.8) is 0 Å². The van der Waals surface area contributed by atoms with Crippen LogP contribution in [0.25, 0.3) is 0 Å². The topological polar surface area (TPSA) is 86.7 Å². The van der Waals surface area contributed by atoms with Crippen molar-refractivity contribution in [3.8, 4) is 0 Å². The lowest BCUT2D eigenvalue weighted by Gasteiger charge is -2.25. The van der Waals surface area contributed by atoms with Crippen LogP contribution < -0.4 is 5.32 Å². The van der Waals surface area contributed by atoms with Gasteiger partial charge in [-0.25, -0.2) is 0 Å². The molecule has 2 unspecified atom stereocenters. The summed E-state index contributed by atoms with van der Waals surface area (Å²) in [5.41, 5.74) is 0.427. The number of carbonyl (C=O) groups is 3. The average molecular weight is 367 g/mol. The standard InChI is InChI=1S/C18H23ClN2O4/c1-11(2)9-15(17(23)21-8-7-13(10-21)18(24)25)20-16(22)12-3-5-14(19)6-4-12/h3-6,11,13,15H,7-10H2,1-2H3,(H,20,22)(H,24,25). The molecule has 25 heavy (non-hydrogen) atoms. The maximum atomic E-state index is 12.8. The van der Waals surface area contributed by atoms with Crippen molar-refractivity contribution in [2.45, 2.75) is 32.7 Å². The summed E-state index contributed by atoms with van der Waals surface area (Å²) in [5, 5.41) is 12.4. The van der Waals surface area contributed by atoms with Crippen LogP contribution in [0.3, 0.4) is 0 Å². The second-order valence-electron chi connectivity index (χ2n) is 6.77. The first-order chi connectivity index (χ1) is 11.8. The van der Waals surface area contributed by atoms with Crippen molar-refractivity contribution >= 4 is 29.4 Å². The summed E-state index contributed by atoms with van der Waals surface area (Å²) in [7, 11) is 0. The largest absolute Gasteiger partial charge is 0.481 e. The first-order valence-electron chi connectivity index (χ1n) is 8.36. The zero-order valence-electron chi connectivity index (χ0n) is 14.4. The minimum atomic E-state index is -0.888. The van der Waals surface area contributed by atoms with Gasteiger partial charge in [-0.1, -0.05) is 25.4 Å². The molecule has 0 saturated carbocycles. The summed E-state index contributed by atoms with van der Waals surface area (Å²) >= 11 is 5.83.